The summed E-state index contributed by atoms with van der Waals surface area (Å²) in [4.78, 5) is 10.9. The minimum absolute atomic E-state index is 0.0177. The van der Waals surface area contributed by atoms with E-state index >= 15 is 0 Å². The summed E-state index contributed by atoms with van der Waals surface area (Å²) >= 11 is 0. The van der Waals surface area contributed by atoms with Gasteiger partial charge in [0.05, 0.1) is 6.54 Å². The number of allylic oxidation sites excluding steroid dienone is 1. The van der Waals surface area contributed by atoms with Gasteiger partial charge < -0.3 is 14.1 Å². The lowest BCUT2D eigenvalue weighted by atomic mass is 10.1. The molecule has 0 unspecified atom stereocenters. The number of hydrogen-bond donors (Lipinski definition) is 1. The van der Waals surface area contributed by atoms with Crippen molar-refractivity contribution in [1.29, 1.82) is 10.5 Å². The van der Waals surface area contributed by atoms with E-state index in [2.05, 4.69) is 0 Å². The van der Waals surface area contributed by atoms with Gasteiger partial charge in [0.15, 0.2) is 0 Å². The summed E-state index contributed by atoms with van der Waals surface area (Å²) in [6.45, 7) is 0.343. The van der Waals surface area contributed by atoms with Crippen LogP contribution < -0.4 is 0 Å². The summed E-state index contributed by atoms with van der Waals surface area (Å²) < 4.78 is 7.18. The third kappa shape index (κ3) is 2.77. The number of carbonyl (C=O) groups is 1. The number of carboxylic acid groups (broad SMARTS) is 1. The van der Waals surface area contributed by atoms with Gasteiger partial charge in [-0.2, -0.15) is 10.5 Å². The molecule has 0 bridgehead atoms. The van der Waals surface area contributed by atoms with Crippen LogP contribution in [-0.2, 0) is 6.54 Å². The van der Waals surface area contributed by atoms with E-state index in [9.17, 15) is 4.79 Å². The highest BCUT2D eigenvalue weighted by atomic mass is 16.4. The van der Waals surface area contributed by atoms with Gasteiger partial charge in [-0.1, -0.05) is 18.2 Å². The molecule has 2 heterocycles. The molecule has 3 aromatic rings. The van der Waals surface area contributed by atoms with Crippen LogP contribution in [0.3, 0.4) is 0 Å². The zero-order valence-corrected chi connectivity index (χ0v) is 12.4. The number of benzene rings is 1. The maximum Gasteiger partial charge on any atom is 0.371 e. The highest BCUT2D eigenvalue weighted by Gasteiger charge is 2.12. The minimum atomic E-state index is -1.12. The Bertz CT molecular complexity index is 1030. The monoisotopic (exact) mass is 317 g/mol. The van der Waals surface area contributed by atoms with Crippen LogP contribution in [-0.4, -0.2) is 15.6 Å². The molecule has 116 valence electrons. The van der Waals surface area contributed by atoms with Crippen LogP contribution in [0.1, 0.15) is 21.9 Å². The third-order valence-electron chi connectivity index (χ3n) is 3.56. The predicted molar refractivity (Wildman–Crippen MR) is 85.9 cm³/mol. The number of aromatic nitrogens is 1. The fraction of sp³-hybridized carbons (Fsp3) is 0.0556. The van der Waals surface area contributed by atoms with Gasteiger partial charge >= 0.3 is 5.97 Å². The van der Waals surface area contributed by atoms with E-state index in [1.165, 1.54) is 12.1 Å². The summed E-state index contributed by atoms with van der Waals surface area (Å²) in [6, 6.07) is 14.3. The number of furan rings is 1. The van der Waals surface area contributed by atoms with E-state index < -0.39 is 5.97 Å². The van der Waals surface area contributed by atoms with Crippen molar-refractivity contribution < 1.29 is 14.3 Å². The number of nitriles is 2. The van der Waals surface area contributed by atoms with Crippen LogP contribution in [0, 0.1) is 22.7 Å². The zero-order chi connectivity index (χ0) is 17.1. The van der Waals surface area contributed by atoms with Crippen molar-refractivity contribution in [2.75, 3.05) is 0 Å². The van der Waals surface area contributed by atoms with Crippen LogP contribution in [0.2, 0.25) is 0 Å². The summed E-state index contributed by atoms with van der Waals surface area (Å²) in [5.74, 6) is -0.725. The van der Waals surface area contributed by atoms with Crippen molar-refractivity contribution in [3.8, 4) is 12.1 Å². The number of carboxylic acids is 1. The lowest BCUT2D eigenvalue weighted by molar-refractivity contribution is 0.0660. The molecule has 2 aromatic heterocycles. The molecule has 0 saturated carbocycles. The van der Waals surface area contributed by atoms with E-state index in [-0.39, 0.29) is 11.3 Å². The van der Waals surface area contributed by atoms with Gasteiger partial charge in [-0.15, -0.1) is 0 Å². The molecule has 0 aliphatic rings. The summed E-state index contributed by atoms with van der Waals surface area (Å²) in [5.41, 5.74) is 1.66. The van der Waals surface area contributed by atoms with Gasteiger partial charge in [0.1, 0.15) is 23.5 Å². The maximum atomic E-state index is 10.9. The first-order valence-corrected chi connectivity index (χ1v) is 7.04. The fourth-order valence-electron chi connectivity index (χ4n) is 2.51. The molecule has 0 saturated heterocycles. The molecule has 0 radical (unpaired) electrons. The highest BCUT2D eigenvalue weighted by Crippen LogP contribution is 2.24. The Morgan fingerprint density at radius 2 is 1.96 bits per heavy atom. The predicted octanol–water partition coefficient (Wildman–Crippen LogP) is 3.41. The first-order valence-electron chi connectivity index (χ1n) is 7.04. The fourth-order valence-corrected chi connectivity index (χ4v) is 2.51. The van der Waals surface area contributed by atoms with E-state index in [0.29, 0.717) is 12.3 Å². The number of hydrogen-bond acceptors (Lipinski definition) is 4. The largest absolute Gasteiger partial charge is 0.475 e. The van der Waals surface area contributed by atoms with Gasteiger partial charge in [-0.05, 0) is 24.3 Å². The second-order valence-corrected chi connectivity index (χ2v) is 5.08. The molecule has 24 heavy (non-hydrogen) atoms. The standard InChI is InChI=1S/C18H11N3O3/c19-8-12(9-20)7-13-10-21(16-4-2-1-3-15(13)16)11-14-5-6-17(24-14)18(22)23/h1-7,10H,11H2,(H,22,23). The van der Waals surface area contributed by atoms with Gasteiger partial charge in [-0.3, -0.25) is 0 Å². The molecule has 6 heteroatoms. The van der Waals surface area contributed by atoms with Crippen molar-refractivity contribution in [2.45, 2.75) is 6.54 Å². The molecule has 0 amide bonds. The van der Waals surface area contributed by atoms with E-state index in [0.717, 1.165) is 16.5 Å². The molecule has 0 aliphatic heterocycles. The van der Waals surface area contributed by atoms with Crippen molar-refractivity contribution in [3.63, 3.8) is 0 Å². The van der Waals surface area contributed by atoms with Crippen LogP contribution in [0.15, 0.2) is 52.6 Å². The van der Waals surface area contributed by atoms with Crippen molar-refractivity contribution in [2.24, 2.45) is 0 Å². The Kier molecular flexibility index (Phi) is 3.88. The normalized spacial score (nSPS) is 10.1. The Morgan fingerprint density at radius 3 is 2.62 bits per heavy atom. The first-order chi connectivity index (χ1) is 11.6. The maximum absolute atomic E-state index is 10.9. The Morgan fingerprint density at radius 1 is 1.21 bits per heavy atom. The van der Waals surface area contributed by atoms with E-state index in [1.807, 2.05) is 47.2 Å². The smallest absolute Gasteiger partial charge is 0.371 e. The quantitative estimate of drug-likeness (QED) is 0.743. The average Bonchev–Trinajstić information content (AvgIpc) is 3.19. The van der Waals surface area contributed by atoms with E-state index in [4.69, 9.17) is 20.0 Å². The van der Waals surface area contributed by atoms with Crippen LogP contribution in [0.5, 0.6) is 0 Å². The molecular weight excluding hydrogens is 306 g/mol. The molecule has 0 aliphatic carbocycles. The summed E-state index contributed by atoms with van der Waals surface area (Å²) in [6.07, 6.45) is 3.34. The molecule has 6 nitrogen and oxygen atoms in total. The summed E-state index contributed by atoms with van der Waals surface area (Å²) in [7, 11) is 0. The molecule has 1 N–H and O–H groups in total. The Hall–Kier alpha value is -3.77. The van der Waals surface area contributed by atoms with E-state index in [1.54, 1.807) is 6.07 Å². The number of para-hydroxylation sites is 1. The summed E-state index contributed by atoms with van der Waals surface area (Å²) in [5, 5.41) is 27.7. The Balaban J connectivity index is 2.05. The van der Waals surface area contributed by atoms with Crippen molar-refractivity contribution in [3.05, 3.63) is 65.3 Å². The topological polar surface area (TPSA) is 103 Å². The van der Waals surface area contributed by atoms with Crippen LogP contribution in [0.25, 0.3) is 17.0 Å². The number of aromatic carboxylic acids is 1. The zero-order valence-electron chi connectivity index (χ0n) is 12.4. The molecular formula is C18H11N3O3. The SMILES string of the molecule is N#CC(C#N)=Cc1cn(Cc2ccc(C(=O)O)o2)c2ccccc12. The minimum Gasteiger partial charge on any atom is -0.475 e. The van der Waals surface area contributed by atoms with Gasteiger partial charge in [0, 0.05) is 22.7 Å². The lowest BCUT2D eigenvalue weighted by Gasteiger charge is -2.02. The van der Waals surface area contributed by atoms with Crippen molar-refractivity contribution in [1.82, 2.24) is 4.57 Å². The average molecular weight is 317 g/mol. The second-order valence-electron chi connectivity index (χ2n) is 5.08. The van der Waals surface area contributed by atoms with Crippen LogP contribution in [0.4, 0.5) is 0 Å². The van der Waals surface area contributed by atoms with Gasteiger partial charge in [0.25, 0.3) is 0 Å². The first kappa shape index (κ1) is 15.1. The molecule has 3 rings (SSSR count). The number of rotatable bonds is 4. The highest BCUT2D eigenvalue weighted by molar-refractivity contribution is 5.90. The molecule has 0 spiro atoms. The van der Waals surface area contributed by atoms with Crippen molar-refractivity contribution >= 4 is 22.9 Å². The van der Waals surface area contributed by atoms with Gasteiger partial charge in [0.2, 0.25) is 5.76 Å². The molecule has 0 atom stereocenters. The number of fused-ring (bicyclic) bond motifs is 1. The lowest BCUT2D eigenvalue weighted by Crippen LogP contribution is -1.97. The van der Waals surface area contributed by atoms with Crippen LogP contribution >= 0.6 is 0 Å². The Labute approximate surface area is 137 Å². The molecule has 0 fully saturated rings. The van der Waals surface area contributed by atoms with Gasteiger partial charge in [-0.25, -0.2) is 4.79 Å². The number of nitrogens with zero attached hydrogens (tertiary/aromatic N) is 3. The molecule has 1 aromatic carbocycles. The third-order valence-corrected chi connectivity index (χ3v) is 3.56. The second kappa shape index (κ2) is 6.15.